The van der Waals surface area contributed by atoms with Gasteiger partial charge in [-0.25, -0.2) is 0 Å². The zero-order chi connectivity index (χ0) is 16.2. The molecule has 122 valence electrons. The van der Waals surface area contributed by atoms with Crippen LogP contribution in [-0.2, 0) is 11.3 Å². The highest BCUT2D eigenvalue weighted by atomic mass is 16.2. The fourth-order valence-corrected chi connectivity index (χ4v) is 3.36. The van der Waals surface area contributed by atoms with Crippen molar-refractivity contribution in [3.05, 3.63) is 42.2 Å². The number of aromatic nitrogens is 1. The van der Waals surface area contributed by atoms with Gasteiger partial charge in [-0.15, -0.1) is 0 Å². The lowest BCUT2D eigenvalue weighted by atomic mass is 10.0. The van der Waals surface area contributed by atoms with Gasteiger partial charge in [0.15, 0.2) is 0 Å². The van der Waals surface area contributed by atoms with Crippen LogP contribution >= 0.6 is 0 Å². The van der Waals surface area contributed by atoms with E-state index >= 15 is 0 Å². The first-order valence-electron chi connectivity index (χ1n) is 8.45. The minimum atomic E-state index is 0.199. The Bertz CT molecular complexity index is 680. The monoisotopic (exact) mass is 311 g/mol. The van der Waals surface area contributed by atoms with Crippen LogP contribution in [0.1, 0.15) is 31.7 Å². The summed E-state index contributed by atoms with van der Waals surface area (Å²) in [5, 5.41) is 2.30. The fraction of sp³-hybridized carbons (Fsp3) is 0.474. The molecule has 1 fully saturated rings. The smallest absolute Gasteiger partial charge is 0.236 e. The first-order chi connectivity index (χ1) is 11.1. The lowest BCUT2D eigenvalue weighted by Crippen LogP contribution is -2.44. The number of hydrogen-bond acceptors (Lipinski definition) is 3. The van der Waals surface area contributed by atoms with Crippen LogP contribution in [0.4, 0.5) is 0 Å². The van der Waals surface area contributed by atoms with E-state index in [0.29, 0.717) is 19.1 Å². The second-order valence-electron chi connectivity index (χ2n) is 6.58. The Morgan fingerprint density at radius 2 is 2.22 bits per heavy atom. The van der Waals surface area contributed by atoms with Gasteiger partial charge in [-0.05, 0) is 43.3 Å². The predicted molar refractivity (Wildman–Crippen MR) is 93.1 cm³/mol. The quantitative estimate of drug-likeness (QED) is 0.870. The van der Waals surface area contributed by atoms with Gasteiger partial charge < -0.3 is 4.90 Å². The number of amides is 1. The molecule has 1 aliphatic heterocycles. The molecule has 1 aromatic heterocycles. The highest BCUT2D eigenvalue weighted by molar-refractivity contribution is 5.85. The maximum absolute atomic E-state index is 12.6. The van der Waals surface area contributed by atoms with Crippen LogP contribution in [0.15, 0.2) is 36.7 Å². The lowest BCUT2D eigenvalue weighted by molar-refractivity contribution is -0.132. The summed E-state index contributed by atoms with van der Waals surface area (Å²) in [6.45, 7) is 4.44. The van der Waals surface area contributed by atoms with E-state index < -0.39 is 0 Å². The van der Waals surface area contributed by atoms with Crippen molar-refractivity contribution in [1.29, 1.82) is 0 Å². The number of benzene rings is 1. The molecule has 0 spiro atoms. The van der Waals surface area contributed by atoms with Crippen LogP contribution in [0.2, 0.25) is 0 Å². The molecule has 1 aliphatic rings. The molecule has 3 rings (SSSR count). The summed E-state index contributed by atoms with van der Waals surface area (Å²) in [6.07, 6.45) is 7.37. The molecular weight excluding hydrogens is 286 g/mol. The maximum Gasteiger partial charge on any atom is 0.236 e. The van der Waals surface area contributed by atoms with Crippen LogP contribution in [0.3, 0.4) is 0 Å². The number of likely N-dealkylation sites (tertiary alicyclic amines) is 1. The Morgan fingerprint density at radius 1 is 1.35 bits per heavy atom. The topological polar surface area (TPSA) is 36.4 Å². The summed E-state index contributed by atoms with van der Waals surface area (Å²) in [5.41, 5.74) is 1.17. The molecular formula is C19H25N3O. The third-order valence-electron chi connectivity index (χ3n) is 4.88. The van der Waals surface area contributed by atoms with E-state index in [4.69, 9.17) is 0 Å². The Kier molecular flexibility index (Phi) is 4.91. The summed E-state index contributed by atoms with van der Waals surface area (Å²) in [5.74, 6) is 0.199. The predicted octanol–water partition coefficient (Wildman–Crippen LogP) is 3.07. The molecule has 1 atom stereocenters. The Balaban J connectivity index is 1.68. The van der Waals surface area contributed by atoms with Crippen molar-refractivity contribution >= 4 is 16.7 Å². The van der Waals surface area contributed by atoms with E-state index in [2.05, 4.69) is 28.9 Å². The first kappa shape index (κ1) is 15.9. The average molecular weight is 311 g/mol. The number of nitrogens with zero attached hydrogens (tertiary/aromatic N) is 3. The Labute approximate surface area is 138 Å². The molecule has 1 aromatic carbocycles. The van der Waals surface area contributed by atoms with Crippen molar-refractivity contribution in [2.75, 3.05) is 20.1 Å². The molecule has 0 unspecified atom stereocenters. The summed E-state index contributed by atoms with van der Waals surface area (Å²) in [6, 6.07) is 8.73. The van der Waals surface area contributed by atoms with Crippen molar-refractivity contribution < 1.29 is 4.79 Å². The molecule has 1 amide bonds. The van der Waals surface area contributed by atoms with E-state index in [0.717, 1.165) is 11.9 Å². The van der Waals surface area contributed by atoms with Crippen LogP contribution in [-0.4, -0.2) is 46.9 Å². The number of pyridine rings is 1. The third kappa shape index (κ3) is 3.70. The minimum Gasteiger partial charge on any atom is -0.340 e. The van der Waals surface area contributed by atoms with Gasteiger partial charge in [0.05, 0.1) is 6.54 Å². The number of carbonyl (C=O) groups is 1. The van der Waals surface area contributed by atoms with Crippen LogP contribution in [0.5, 0.6) is 0 Å². The first-order valence-corrected chi connectivity index (χ1v) is 8.45. The highest BCUT2D eigenvalue weighted by Gasteiger charge is 2.22. The molecule has 0 radical (unpaired) electrons. The van der Waals surface area contributed by atoms with Gasteiger partial charge in [0, 0.05) is 37.4 Å². The number of likely N-dealkylation sites (N-methyl/N-ethyl adjacent to an activating group) is 1. The van der Waals surface area contributed by atoms with Crippen LogP contribution in [0.25, 0.3) is 10.8 Å². The average Bonchev–Trinajstić information content (AvgIpc) is 2.57. The second kappa shape index (κ2) is 7.09. The van der Waals surface area contributed by atoms with Crippen molar-refractivity contribution in [2.24, 2.45) is 0 Å². The molecule has 0 aliphatic carbocycles. The number of fused-ring (bicyclic) bond motifs is 1. The molecule has 1 saturated heterocycles. The van der Waals surface area contributed by atoms with Gasteiger partial charge in [0.25, 0.3) is 0 Å². The van der Waals surface area contributed by atoms with Crippen molar-refractivity contribution in [3.8, 4) is 0 Å². The van der Waals surface area contributed by atoms with E-state index in [1.54, 1.807) is 0 Å². The summed E-state index contributed by atoms with van der Waals surface area (Å²) < 4.78 is 0. The van der Waals surface area contributed by atoms with Gasteiger partial charge in [-0.3, -0.25) is 14.7 Å². The molecule has 0 bridgehead atoms. The molecule has 2 aromatic rings. The Hall–Kier alpha value is -1.94. The number of hydrogen-bond donors (Lipinski definition) is 0. The fourth-order valence-electron chi connectivity index (χ4n) is 3.36. The van der Waals surface area contributed by atoms with Crippen molar-refractivity contribution in [1.82, 2.24) is 14.8 Å². The molecule has 4 nitrogen and oxygen atoms in total. The normalized spacial score (nSPS) is 19.0. The van der Waals surface area contributed by atoms with Crippen molar-refractivity contribution in [2.45, 2.75) is 38.8 Å². The summed E-state index contributed by atoms with van der Waals surface area (Å²) >= 11 is 0. The zero-order valence-electron chi connectivity index (χ0n) is 14.0. The molecule has 0 N–H and O–H groups in total. The van der Waals surface area contributed by atoms with Gasteiger partial charge in [-0.1, -0.05) is 24.6 Å². The number of carbonyl (C=O) groups excluding carboxylic acids is 1. The van der Waals surface area contributed by atoms with Gasteiger partial charge in [0.2, 0.25) is 5.91 Å². The van der Waals surface area contributed by atoms with E-state index in [-0.39, 0.29) is 5.91 Å². The van der Waals surface area contributed by atoms with Gasteiger partial charge in [0.1, 0.15) is 0 Å². The van der Waals surface area contributed by atoms with Crippen molar-refractivity contribution in [3.63, 3.8) is 0 Å². The summed E-state index contributed by atoms with van der Waals surface area (Å²) in [7, 11) is 1.90. The third-order valence-corrected chi connectivity index (χ3v) is 4.88. The van der Waals surface area contributed by atoms with Crippen LogP contribution in [0, 0.1) is 0 Å². The number of rotatable bonds is 4. The van der Waals surface area contributed by atoms with E-state index in [1.807, 2.05) is 36.5 Å². The Morgan fingerprint density at radius 3 is 3.04 bits per heavy atom. The molecule has 0 saturated carbocycles. The molecule has 4 heteroatoms. The lowest BCUT2D eigenvalue weighted by Gasteiger charge is -2.33. The molecule has 2 heterocycles. The molecule has 23 heavy (non-hydrogen) atoms. The van der Waals surface area contributed by atoms with Gasteiger partial charge in [-0.2, -0.15) is 0 Å². The number of piperidine rings is 1. The van der Waals surface area contributed by atoms with E-state index in [1.165, 1.54) is 30.2 Å². The SMILES string of the molecule is C[C@@H]1CCCCN1CC(=O)N(C)Cc1cccc2cnccc12. The largest absolute Gasteiger partial charge is 0.340 e. The maximum atomic E-state index is 12.6. The standard InChI is InChI=1S/C19H25N3O/c1-15-6-3-4-11-22(15)14-19(23)21(2)13-17-8-5-7-16-12-20-10-9-18(16)17/h5,7-10,12,15H,3-4,6,11,13-14H2,1-2H3/t15-/m1/s1. The summed E-state index contributed by atoms with van der Waals surface area (Å²) in [4.78, 5) is 20.9. The highest BCUT2D eigenvalue weighted by Crippen LogP contribution is 2.20. The zero-order valence-corrected chi connectivity index (χ0v) is 14.0. The van der Waals surface area contributed by atoms with Crippen LogP contribution < -0.4 is 0 Å². The van der Waals surface area contributed by atoms with E-state index in [9.17, 15) is 4.79 Å². The second-order valence-corrected chi connectivity index (χ2v) is 6.58. The minimum absolute atomic E-state index is 0.199. The van der Waals surface area contributed by atoms with Gasteiger partial charge >= 0.3 is 0 Å².